The van der Waals surface area contributed by atoms with Gasteiger partial charge in [0.25, 0.3) is 5.91 Å². The number of amides is 1. The number of aromatic nitrogens is 2. The summed E-state index contributed by atoms with van der Waals surface area (Å²) < 4.78 is 56.9. The van der Waals surface area contributed by atoms with E-state index >= 15 is 0 Å². The van der Waals surface area contributed by atoms with E-state index in [2.05, 4.69) is 36.8 Å². The molecule has 3 aromatic rings. The number of nitrogens with zero attached hydrogens (tertiary/aromatic N) is 1. The Balaban J connectivity index is 0.00000289. The fourth-order valence-electron chi connectivity index (χ4n) is 3.80. The van der Waals surface area contributed by atoms with Gasteiger partial charge in [-0.25, -0.2) is 17.6 Å². The minimum Gasteiger partial charge on any atom is -0.347 e. The van der Waals surface area contributed by atoms with Crippen LogP contribution in [0.15, 0.2) is 41.0 Å². The molecular formula is C21H18BrClF4N4O. The lowest BCUT2D eigenvalue weighted by atomic mass is 9.85. The van der Waals surface area contributed by atoms with Gasteiger partial charge in [0.05, 0.1) is 16.4 Å². The number of hydrogen-bond acceptors (Lipinski definition) is 3. The second kappa shape index (κ2) is 10.0. The van der Waals surface area contributed by atoms with Crippen molar-refractivity contribution in [1.29, 1.82) is 0 Å². The first-order chi connectivity index (χ1) is 14.8. The zero-order valence-corrected chi connectivity index (χ0v) is 18.8. The molecule has 4 rings (SSSR count). The molecule has 2 heterocycles. The Bertz CT molecular complexity index is 1120. The van der Waals surface area contributed by atoms with Crippen LogP contribution in [-0.4, -0.2) is 35.2 Å². The van der Waals surface area contributed by atoms with E-state index < -0.39 is 40.8 Å². The summed E-state index contributed by atoms with van der Waals surface area (Å²) in [7, 11) is 0. The summed E-state index contributed by atoms with van der Waals surface area (Å²) >= 11 is 3.23. The number of piperidine rings is 1. The van der Waals surface area contributed by atoms with Gasteiger partial charge in [-0.1, -0.05) is 6.07 Å². The topological polar surface area (TPSA) is 69.8 Å². The quantitative estimate of drug-likeness (QED) is 0.426. The van der Waals surface area contributed by atoms with Crippen LogP contribution in [0.25, 0.3) is 11.3 Å². The smallest absolute Gasteiger partial charge is 0.257 e. The largest absolute Gasteiger partial charge is 0.347 e. The maximum absolute atomic E-state index is 14.7. The van der Waals surface area contributed by atoms with Crippen LogP contribution in [0.5, 0.6) is 0 Å². The number of aromatic amines is 1. The number of halogens is 6. The molecule has 0 aliphatic carbocycles. The first-order valence-corrected chi connectivity index (χ1v) is 10.3. The Kier molecular flexibility index (Phi) is 7.58. The molecule has 32 heavy (non-hydrogen) atoms. The third-order valence-electron chi connectivity index (χ3n) is 5.32. The molecule has 1 fully saturated rings. The average molecular weight is 534 g/mol. The number of benzene rings is 2. The van der Waals surface area contributed by atoms with Gasteiger partial charge in [0.1, 0.15) is 17.2 Å². The molecule has 2 atom stereocenters. The van der Waals surface area contributed by atoms with Crippen molar-refractivity contribution in [3.05, 3.63) is 75.4 Å². The molecule has 3 N–H and O–H groups in total. The summed E-state index contributed by atoms with van der Waals surface area (Å²) in [6, 6.07) is 5.09. The van der Waals surface area contributed by atoms with Crippen molar-refractivity contribution in [3.8, 4) is 11.3 Å². The molecular weight excluding hydrogens is 516 g/mol. The SMILES string of the molecule is Cl.O=C(N[C@@H]1CNCC[C@H]1c1ccc(F)c(F)c1)c1c(F)cc(-c2[nH]ncc2Br)cc1F. The van der Waals surface area contributed by atoms with E-state index in [-0.39, 0.29) is 23.9 Å². The maximum atomic E-state index is 14.7. The fraction of sp³-hybridized carbons (Fsp3) is 0.238. The first kappa shape index (κ1) is 24.2. The van der Waals surface area contributed by atoms with Gasteiger partial charge < -0.3 is 10.6 Å². The second-order valence-electron chi connectivity index (χ2n) is 7.26. The van der Waals surface area contributed by atoms with Gasteiger partial charge >= 0.3 is 0 Å². The molecule has 5 nitrogen and oxygen atoms in total. The van der Waals surface area contributed by atoms with Crippen molar-refractivity contribution < 1.29 is 22.4 Å². The van der Waals surface area contributed by atoms with E-state index in [4.69, 9.17) is 0 Å². The molecule has 0 spiro atoms. The van der Waals surface area contributed by atoms with Crippen LogP contribution in [0, 0.1) is 23.3 Å². The molecule has 1 aliphatic rings. The standard InChI is InChI=1S/C21H17BrF4N4O.ClH/c22-13-8-28-30-20(13)11-6-16(25)19(17(26)7-11)21(31)29-18-9-27-4-3-12(18)10-1-2-14(23)15(24)5-10;/h1-2,5-8,12,18,27H,3-4,9H2,(H,28,30)(H,29,31);1H/t12-,18+;/m0./s1. The lowest BCUT2D eigenvalue weighted by molar-refractivity contribution is 0.0916. The number of nitrogens with one attached hydrogen (secondary N) is 3. The Hall–Kier alpha value is -2.43. The van der Waals surface area contributed by atoms with Gasteiger partial charge in [0.2, 0.25) is 0 Å². The number of hydrogen-bond donors (Lipinski definition) is 3. The number of H-pyrrole nitrogens is 1. The molecule has 0 bridgehead atoms. The highest BCUT2D eigenvalue weighted by Gasteiger charge is 2.30. The van der Waals surface area contributed by atoms with Gasteiger partial charge in [-0.2, -0.15) is 5.10 Å². The van der Waals surface area contributed by atoms with Crippen LogP contribution in [0.1, 0.15) is 28.3 Å². The first-order valence-electron chi connectivity index (χ1n) is 9.50. The molecule has 1 aliphatic heterocycles. The monoisotopic (exact) mass is 532 g/mol. The lowest BCUT2D eigenvalue weighted by Crippen LogP contribution is -2.50. The van der Waals surface area contributed by atoms with Gasteiger partial charge in [0, 0.05) is 24.1 Å². The number of carbonyl (C=O) groups is 1. The predicted molar refractivity (Wildman–Crippen MR) is 117 cm³/mol. The minimum atomic E-state index is -1.03. The average Bonchev–Trinajstić information content (AvgIpc) is 3.16. The highest BCUT2D eigenvalue weighted by molar-refractivity contribution is 9.10. The van der Waals surface area contributed by atoms with E-state index in [9.17, 15) is 22.4 Å². The van der Waals surface area contributed by atoms with Gasteiger partial charge in [0.15, 0.2) is 11.6 Å². The third-order valence-corrected chi connectivity index (χ3v) is 5.92. The zero-order valence-electron chi connectivity index (χ0n) is 16.4. The summed E-state index contributed by atoms with van der Waals surface area (Å²) in [5, 5.41) is 12.1. The van der Waals surface area contributed by atoms with Crippen molar-refractivity contribution in [2.24, 2.45) is 0 Å². The Morgan fingerprint density at radius 2 is 1.78 bits per heavy atom. The molecule has 2 aromatic carbocycles. The predicted octanol–water partition coefficient (Wildman–Crippen LogP) is 4.69. The fourth-order valence-corrected chi connectivity index (χ4v) is 4.22. The normalized spacial score (nSPS) is 18.2. The Labute approximate surface area is 195 Å². The van der Waals surface area contributed by atoms with E-state index in [0.717, 1.165) is 24.3 Å². The summed E-state index contributed by atoms with van der Waals surface area (Å²) in [4.78, 5) is 12.7. The second-order valence-corrected chi connectivity index (χ2v) is 8.11. The lowest BCUT2D eigenvalue weighted by Gasteiger charge is -2.33. The van der Waals surface area contributed by atoms with Crippen LogP contribution in [0.2, 0.25) is 0 Å². The van der Waals surface area contributed by atoms with E-state index in [0.29, 0.717) is 35.2 Å². The van der Waals surface area contributed by atoms with Crippen LogP contribution in [0.3, 0.4) is 0 Å². The van der Waals surface area contributed by atoms with Crippen LogP contribution in [0.4, 0.5) is 17.6 Å². The van der Waals surface area contributed by atoms with Gasteiger partial charge in [-0.15, -0.1) is 12.4 Å². The molecule has 0 radical (unpaired) electrons. The van der Waals surface area contributed by atoms with Gasteiger partial charge in [-0.3, -0.25) is 9.89 Å². The summed E-state index contributed by atoms with van der Waals surface area (Å²) in [5.41, 5.74) is 0.356. The van der Waals surface area contributed by atoms with Gasteiger partial charge in [-0.05, 0) is 58.7 Å². The molecule has 0 unspecified atom stereocenters. The highest BCUT2D eigenvalue weighted by Crippen LogP contribution is 2.30. The Morgan fingerprint density at radius 1 is 1.06 bits per heavy atom. The van der Waals surface area contributed by atoms with Crippen molar-refractivity contribution in [1.82, 2.24) is 20.8 Å². The maximum Gasteiger partial charge on any atom is 0.257 e. The van der Waals surface area contributed by atoms with Crippen LogP contribution in [-0.2, 0) is 0 Å². The van der Waals surface area contributed by atoms with Crippen molar-refractivity contribution in [3.63, 3.8) is 0 Å². The molecule has 1 saturated heterocycles. The van der Waals surface area contributed by atoms with Crippen molar-refractivity contribution in [2.45, 2.75) is 18.4 Å². The summed E-state index contributed by atoms with van der Waals surface area (Å²) in [6.07, 6.45) is 1.98. The Morgan fingerprint density at radius 3 is 2.41 bits per heavy atom. The number of carbonyl (C=O) groups excluding carboxylic acids is 1. The minimum absolute atomic E-state index is 0. The van der Waals surface area contributed by atoms with Crippen LogP contribution < -0.4 is 10.6 Å². The molecule has 0 saturated carbocycles. The number of rotatable bonds is 4. The van der Waals surface area contributed by atoms with Crippen molar-refractivity contribution in [2.75, 3.05) is 13.1 Å². The van der Waals surface area contributed by atoms with Crippen molar-refractivity contribution >= 4 is 34.2 Å². The molecule has 11 heteroatoms. The summed E-state index contributed by atoms with van der Waals surface area (Å²) in [6.45, 7) is 0.921. The van der Waals surface area contributed by atoms with Crippen LogP contribution >= 0.6 is 28.3 Å². The highest BCUT2D eigenvalue weighted by atomic mass is 79.9. The van der Waals surface area contributed by atoms with E-state index in [1.165, 1.54) is 12.3 Å². The third kappa shape index (κ3) is 4.82. The van der Waals surface area contributed by atoms with E-state index in [1.54, 1.807) is 0 Å². The molecule has 1 amide bonds. The molecule has 1 aromatic heterocycles. The molecule has 170 valence electrons. The summed E-state index contributed by atoms with van der Waals surface area (Å²) in [5.74, 6) is -5.27. The van der Waals surface area contributed by atoms with E-state index in [1.807, 2.05) is 0 Å². The zero-order chi connectivity index (χ0) is 22.1.